The zero-order valence-corrected chi connectivity index (χ0v) is 13.3. The fourth-order valence-electron chi connectivity index (χ4n) is 3.98. The molecule has 0 radical (unpaired) electrons. The van der Waals surface area contributed by atoms with Crippen LogP contribution >= 0.6 is 0 Å². The van der Waals surface area contributed by atoms with Gasteiger partial charge in [-0.05, 0) is 50.1 Å². The van der Waals surface area contributed by atoms with E-state index in [0.717, 1.165) is 30.3 Å². The molecule has 1 aliphatic heterocycles. The first-order chi connectivity index (χ1) is 9.20. The molecule has 2 aliphatic rings. The van der Waals surface area contributed by atoms with Crippen molar-refractivity contribution in [3.63, 3.8) is 0 Å². The molecule has 0 bridgehead atoms. The molecule has 112 valence electrons. The molecule has 0 aromatic carbocycles. The Bertz CT molecular complexity index is 254. The van der Waals surface area contributed by atoms with Crippen LogP contribution in [0.15, 0.2) is 0 Å². The molecule has 1 heterocycles. The lowest BCUT2D eigenvalue weighted by molar-refractivity contribution is 0.109. The summed E-state index contributed by atoms with van der Waals surface area (Å²) in [6, 6.07) is 0.780. The van der Waals surface area contributed by atoms with Gasteiger partial charge in [-0.3, -0.25) is 0 Å². The fraction of sp³-hybridized carbons (Fsp3) is 1.00. The van der Waals surface area contributed by atoms with Crippen LogP contribution < -0.4 is 5.32 Å². The highest BCUT2D eigenvalue weighted by atomic mass is 15.1. The van der Waals surface area contributed by atoms with E-state index in [1.807, 2.05) is 0 Å². The molecular formula is C17H34N2. The average Bonchev–Trinajstić information content (AvgIpc) is 2.61. The van der Waals surface area contributed by atoms with Crippen molar-refractivity contribution >= 4 is 0 Å². The maximum atomic E-state index is 3.76. The number of nitrogens with one attached hydrogen (secondary N) is 1. The fourth-order valence-corrected chi connectivity index (χ4v) is 3.98. The molecule has 2 rings (SSSR count). The summed E-state index contributed by atoms with van der Waals surface area (Å²) in [5, 5.41) is 3.76. The lowest BCUT2D eigenvalue weighted by atomic mass is 9.87. The van der Waals surface area contributed by atoms with Gasteiger partial charge >= 0.3 is 0 Å². The number of hydrogen-bond donors (Lipinski definition) is 1. The van der Waals surface area contributed by atoms with E-state index in [0.29, 0.717) is 0 Å². The first-order valence-electron chi connectivity index (χ1n) is 8.66. The van der Waals surface area contributed by atoms with Crippen molar-refractivity contribution in [2.24, 2.45) is 17.8 Å². The van der Waals surface area contributed by atoms with Crippen molar-refractivity contribution in [1.29, 1.82) is 0 Å². The lowest BCUT2D eigenvalue weighted by Crippen LogP contribution is -2.46. The van der Waals surface area contributed by atoms with E-state index < -0.39 is 0 Å². The van der Waals surface area contributed by atoms with Crippen molar-refractivity contribution in [3.8, 4) is 0 Å². The normalized spacial score (nSPS) is 38.1. The van der Waals surface area contributed by atoms with Gasteiger partial charge < -0.3 is 10.2 Å². The van der Waals surface area contributed by atoms with Crippen LogP contribution in [-0.2, 0) is 0 Å². The number of nitrogens with zero attached hydrogens (tertiary/aromatic N) is 1. The van der Waals surface area contributed by atoms with Gasteiger partial charge in [0.2, 0.25) is 0 Å². The maximum Gasteiger partial charge on any atom is 0.0107 e. The Hall–Kier alpha value is -0.0800. The smallest absolute Gasteiger partial charge is 0.0107 e. The number of piperidine rings is 1. The molecule has 2 heteroatoms. The predicted molar refractivity (Wildman–Crippen MR) is 83.4 cm³/mol. The third kappa shape index (κ3) is 4.46. The van der Waals surface area contributed by atoms with E-state index in [2.05, 4.69) is 31.0 Å². The summed E-state index contributed by atoms with van der Waals surface area (Å²) in [4.78, 5) is 2.75. The van der Waals surface area contributed by atoms with Crippen LogP contribution in [0.1, 0.15) is 59.3 Å². The molecule has 1 saturated heterocycles. The van der Waals surface area contributed by atoms with E-state index in [9.17, 15) is 0 Å². The molecular weight excluding hydrogens is 232 g/mol. The van der Waals surface area contributed by atoms with Crippen molar-refractivity contribution in [1.82, 2.24) is 10.2 Å². The molecule has 0 amide bonds. The standard InChI is InChI=1S/C17H34N2/c1-4-18-17-9-7-5-6-8-16(17)13-19-11-10-14(2)15(3)12-19/h14-18H,4-13H2,1-3H3. The Morgan fingerprint density at radius 2 is 1.79 bits per heavy atom. The summed E-state index contributed by atoms with van der Waals surface area (Å²) >= 11 is 0. The molecule has 2 fully saturated rings. The van der Waals surface area contributed by atoms with Crippen molar-refractivity contribution in [3.05, 3.63) is 0 Å². The first-order valence-corrected chi connectivity index (χ1v) is 8.66. The Kier molecular flexibility index (Phi) is 6.15. The maximum absolute atomic E-state index is 3.76. The van der Waals surface area contributed by atoms with Crippen LogP contribution in [0.2, 0.25) is 0 Å². The molecule has 0 spiro atoms. The first kappa shape index (κ1) is 15.3. The van der Waals surface area contributed by atoms with Crippen molar-refractivity contribution in [2.45, 2.75) is 65.3 Å². The molecule has 0 aromatic rings. The highest BCUT2D eigenvalue weighted by molar-refractivity contribution is 4.84. The zero-order valence-electron chi connectivity index (χ0n) is 13.3. The summed E-state index contributed by atoms with van der Waals surface area (Å²) < 4.78 is 0. The molecule has 1 N–H and O–H groups in total. The SMILES string of the molecule is CCNC1CCCCCC1CN1CCC(C)C(C)C1. The number of likely N-dealkylation sites (tertiary alicyclic amines) is 1. The Morgan fingerprint density at radius 1 is 1.00 bits per heavy atom. The van der Waals surface area contributed by atoms with Crippen LogP contribution in [0.5, 0.6) is 0 Å². The second kappa shape index (κ2) is 7.64. The quantitative estimate of drug-likeness (QED) is 0.783. The minimum absolute atomic E-state index is 0.780. The largest absolute Gasteiger partial charge is 0.314 e. The van der Waals surface area contributed by atoms with Gasteiger partial charge in [0.05, 0.1) is 0 Å². The van der Waals surface area contributed by atoms with Gasteiger partial charge in [-0.25, -0.2) is 0 Å². The highest BCUT2D eigenvalue weighted by Crippen LogP contribution is 2.28. The third-order valence-corrected chi connectivity index (χ3v) is 5.54. The summed E-state index contributed by atoms with van der Waals surface area (Å²) in [6.45, 7) is 12.3. The molecule has 4 unspecified atom stereocenters. The minimum atomic E-state index is 0.780. The van der Waals surface area contributed by atoms with Crippen LogP contribution in [0.4, 0.5) is 0 Å². The second-order valence-corrected chi connectivity index (χ2v) is 7.07. The topological polar surface area (TPSA) is 15.3 Å². The molecule has 1 aliphatic carbocycles. The van der Waals surface area contributed by atoms with Gasteiger partial charge in [-0.15, -0.1) is 0 Å². The second-order valence-electron chi connectivity index (χ2n) is 7.07. The molecule has 19 heavy (non-hydrogen) atoms. The monoisotopic (exact) mass is 266 g/mol. The summed E-state index contributed by atoms with van der Waals surface area (Å²) in [6.07, 6.45) is 8.58. The van der Waals surface area contributed by atoms with Gasteiger partial charge in [-0.2, -0.15) is 0 Å². The lowest BCUT2D eigenvalue weighted by Gasteiger charge is -2.38. The van der Waals surface area contributed by atoms with E-state index in [1.54, 1.807) is 0 Å². The van der Waals surface area contributed by atoms with Gasteiger partial charge in [0.1, 0.15) is 0 Å². The summed E-state index contributed by atoms with van der Waals surface area (Å²) in [7, 11) is 0. The van der Waals surface area contributed by atoms with Crippen LogP contribution in [0, 0.1) is 17.8 Å². The molecule has 0 aromatic heterocycles. The summed E-state index contributed by atoms with van der Waals surface area (Å²) in [5.41, 5.74) is 0. The number of rotatable bonds is 4. The Morgan fingerprint density at radius 3 is 2.53 bits per heavy atom. The van der Waals surface area contributed by atoms with Gasteiger partial charge in [-0.1, -0.05) is 40.0 Å². The van der Waals surface area contributed by atoms with Crippen LogP contribution in [0.3, 0.4) is 0 Å². The molecule has 2 nitrogen and oxygen atoms in total. The van der Waals surface area contributed by atoms with Crippen LogP contribution in [-0.4, -0.2) is 37.1 Å². The molecule has 1 saturated carbocycles. The highest BCUT2D eigenvalue weighted by Gasteiger charge is 2.28. The minimum Gasteiger partial charge on any atom is -0.314 e. The molecule has 4 atom stereocenters. The van der Waals surface area contributed by atoms with Gasteiger partial charge in [0, 0.05) is 19.1 Å². The van der Waals surface area contributed by atoms with Crippen molar-refractivity contribution in [2.75, 3.05) is 26.2 Å². The zero-order chi connectivity index (χ0) is 13.7. The van der Waals surface area contributed by atoms with Gasteiger partial charge in [0.15, 0.2) is 0 Å². The van der Waals surface area contributed by atoms with Gasteiger partial charge in [0.25, 0.3) is 0 Å². The van der Waals surface area contributed by atoms with Crippen molar-refractivity contribution < 1.29 is 0 Å². The average molecular weight is 266 g/mol. The van der Waals surface area contributed by atoms with E-state index >= 15 is 0 Å². The van der Waals surface area contributed by atoms with E-state index in [4.69, 9.17) is 0 Å². The Labute approximate surface area is 120 Å². The van der Waals surface area contributed by atoms with E-state index in [-0.39, 0.29) is 0 Å². The third-order valence-electron chi connectivity index (χ3n) is 5.54. The summed E-state index contributed by atoms with van der Waals surface area (Å²) in [5.74, 6) is 2.70. The predicted octanol–water partition coefficient (Wildman–Crippen LogP) is 3.52. The van der Waals surface area contributed by atoms with Crippen LogP contribution in [0.25, 0.3) is 0 Å². The number of hydrogen-bond acceptors (Lipinski definition) is 2. The van der Waals surface area contributed by atoms with E-state index in [1.165, 1.54) is 58.2 Å². The Balaban J connectivity index is 1.87.